The van der Waals surface area contributed by atoms with Gasteiger partial charge in [-0.2, -0.15) is 0 Å². The second-order valence-electron chi connectivity index (χ2n) is 5.13. The summed E-state index contributed by atoms with van der Waals surface area (Å²) in [5.41, 5.74) is 8.62. The molecule has 2 aromatic carbocycles. The number of hydrogen-bond donors (Lipinski definition) is 3. The van der Waals surface area contributed by atoms with E-state index in [-0.39, 0.29) is 5.11 Å². The van der Waals surface area contributed by atoms with E-state index in [4.69, 9.17) is 28.6 Å². The van der Waals surface area contributed by atoms with Crippen LogP contribution in [0.1, 0.15) is 21.5 Å². The normalized spacial score (nSPS) is 10.0. The Hall–Kier alpha value is -2.31. The van der Waals surface area contributed by atoms with Gasteiger partial charge in [0.2, 0.25) is 0 Å². The maximum Gasteiger partial charge on any atom is 0.273 e. The van der Waals surface area contributed by atoms with Gasteiger partial charge in [0, 0.05) is 10.7 Å². The van der Waals surface area contributed by atoms with E-state index in [0.29, 0.717) is 16.3 Å². The molecular formula is C17H18ClN3O2S. The fraction of sp³-hybridized carbons (Fsp3) is 0.176. The monoisotopic (exact) mass is 363 g/mol. The van der Waals surface area contributed by atoms with E-state index in [9.17, 15) is 4.79 Å². The van der Waals surface area contributed by atoms with Crippen LogP contribution in [0, 0.1) is 13.8 Å². The molecule has 1 amide bonds. The number of carbonyl (C=O) groups is 1. The first-order valence-electron chi connectivity index (χ1n) is 7.19. The highest BCUT2D eigenvalue weighted by molar-refractivity contribution is 7.80. The lowest BCUT2D eigenvalue weighted by molar-refractivity contribution is 0.0941. The van der Waals surface area contributed by atoms with Crippen molar-refractivity contribution in [1.82, 2.24) is 10.9 Å². The van der Waals surface area contributed by atoms with Crippen LogP contribution >= 0.6 is 23.8 Å². The van der Waals surface area contributed by atoms with Gasteiger partial charge in [0.15, 0.2) is 5.11 Å². The Labute approximate surface area is 151 Å². The quantitative estimate of drug-likeness (QED) is 0.574. The highest BCUT2D eigenvalue weighted by Crippen LogP contribution is 2.22. The molecule has 0 aliphatic rings. The molecule has 0 unspecified atom stereocenters. The molecule has 0 spiro atoms. The number of aryl methyl sites for hydroxylation is 1. The number of thiocarbonyl (C=S) groups is 1. The Kier molecular flexibility index (Phi) is 6.00. The van der Waals surface area contributed by atoms with Crippen LogP contribution in [0.3, 0.4) is 0 Å². The van der Waals surface area contributed by atoms with Gasteiger partial charge < -0.3 is 10.1 Å². The lowest BCUT2D eigenvalue weighted by Gasteiger charge is -2.15. The van der Waals surface area contributed by atoms with Crippen LogP contribution in [0.2, 0.25) is 5.02 Å². The summed E-state index contributed by atoms with van der Waals surface area (Å²) in [5.74, 6) is 0.0200. The molecular weight excluding hydrogens is 346 g/mol. The van der Waals surface area contributed by atoms with Gasteiger partial charge in [0.25, 0.3) is 5.91 Å². The Balaban J connectivity index is 2.00. The van der Waals surface area contributed by atoms with Crippen LogP contribution in [0.4, 0.5) is 5.69 Å². The number of carbonyl (C=O) groups excluding carboxylic acids is 1. The number of rotatable bonds is 3. The average molecular weight is 364 g/mol. The molecule has 7 heteroatoms. The molecule has 0 bridgehead atoms. The maximum absolute atomic E-state index is 12.3. The minimum atomic E-state index is -0.403. The number of benzene rings is 2. The summed E-state index contributed by atoms with van der Waals surface area (Å²) in [6.07, 6.45) is 0. The maximum atomic E-state index is 12.3. The van der Waals surface area contributed by atoms with Gasteiger partial charge in [-0.15, -0.1) is 0 Å². The minimum Gasteiger partial charge on any atom is -0.496 e. The smallest absolute Gasteiger partial charge is 0.273 e. The Morgan fingerprint density at radius 1 is 1.17 bits per heavy atom. The van der Waals surface area contributed by atoms with Crippen molar-refractivity contribution in [2.24, 2.45) is 0 Å². The lowest BCUT2D eigenvalue weighted by atomic mass is 10.1. The summed E-state index contributed by atoms with van der Waals surface area (Å²) in [6.45, 7) is 4.01. The van der Waals surface area contributed by atoms with Gasteiger partial charge in [-0.05, 0) is 61.5 Å². The third-order valence-corrected chi connectivity index (χ3v) is 3.99. The topological polar surface area (TPSA) is 62.4 Å². The largest absolute Gasteiger partial charge is 0.496 e. The van der Waals surface area contributed by atoms with Gasteiger partial charge in [0.05, 0.1) is 12.7 Å². The van der Waals surface area contributed by atoms with Crippen molar-refractivity contribution in [1.29, 1.82) is 0 Å². The third kappa shape index (κ3) is 4.37. The van der Waals surface area contributed by atoms with E-state index >= 15 is 0 Å². The number of methoxy groups -OCH3 is 1. The van der Waals surface area contributed by atoms with E-state index in [1.54, 1.807) is 12.1 Å². The van der Waals surface area contributed by atoms with E-state index in [1.807, 2.05) is 32.0 Å². The minimum absolute atomic E-state index is 0.276. The van der Waals surface area contributed by atoms with Crippen molar-refractivity contribution in [3.05, 3.63) is 58.1 Å². The molecule has 0 fully saturated rings. The van der Waals surface area contributed by atoms with Crippen LogP contribution in [0.15, 0.2) is 36.4 Å². The predicted molar refractivity (Wildman–Crippen MR) is 101 cm³/mol. The van der Waals surface area contributed by atoms with Gasteiger partial charge >= 0.3 is 0 Å². The molecule has 0 radical (unpaired) electrons. The highest BCUT2D eigenvalue weighted by atomic mass is 35.5. The van der Waals surface area contributed by atoms with Crippen LogP contribution in [-0.4, -0.2) is 18.1 Å². The second-order valence-corrected chi connectivity index (χ2v) is 5.97. The molecule has 0 saturated carbocycles. The van der Waals surface area contributed by atoms with Crippen LogP contribution in [0.25, 0.3) is 0 Å². The van der Waals surface area contributed by atoms with Gasteiger partial charge in [-0.1, -0.05) is 23.7 Å². The zero-order valence-corrected chi connectivity index (χ0v) is 15.1. The number of hydrazine groups is 1. The SMILES string of the molecule is COc1ccc(Cl)cc1C(=O)NNC(=S)Nc1cccc(C)c1C. The molecule has 126 valence electrons. The number of hydrogen-bond acceptors (Lipinski definition) is 3. The van der Waals surface area contributed by atoms with Crippen molar-refractivity contribution in [2.75, 3.05) is 12.4 Å². The molecule has 0 saturated heterocycles. The van der Waals surface area contributed by atoms with Crippen molar-refractivity contribution in [3.8, 4) is 5.75 Å². The summed E-state index contributed by atoms with van der Waals surface area (Å²) in [6, 6.07) is 10.7. The predicted octanol–water partition coefficient (Wildman–Crippen LogP) is 3.60. The first-order valence-corrected chi connectivity index (χ1v) is 7.98. The number of anilines is 1. The highest BCUT2D eigenvalue weighted by Gasteiger charge is 2.13. The Morgan fingerprint density at radius 3 is 2.62 bits per heavy atom. The summed E-state index contributed by atoms with van der Waals surface area (Å²) in [4.78, 5) is 12.3. The molecule has 0 aliphatic carbocycles. The zero-order chi connectivity index (χ0) is 17.7. The van der Waals surface area contributed by atoms with E-state index in [0.717, 1.165) is 16.8 Å². The van der Waals surface area contributed by atoms with Crippen LogP contribution in [-0.2, 0) is 0 Å². The fourth-order valence-electron chi connectivity index (χ4n) is 2.08. The van der Waals surface area contributed by atoms with Crippen LogP contribution in [0.5, 0.6) is 5.75 Å². The molecule has 3 N–H and O–H groups in total. The fourth-order valence-corrected chi connectivity index (χ4v) is 2.41. The summed E-state index contributed by atoms with van der Waals surface area (Å²) >= 11 is 11.1. The van der Waals surface area contributed by atoms with E-state index in [1.165, 1.54) is 13.2 Å². The lowest BCUT2D eigenvalue weighted by Crippen LogP contribution is -2.43. The summed E-state index contributed by atoms with van der Waals surface area (Å²) in [5, 5.41) is 3.76. The summed E-state index contributed by atoms with van der Waals surface area (Å²) < 4.78 is 5.16. The van der Waals surface area contributed by atoms with Gasteiger partial charge in [0.1, 0.15) is 5.75 Å². The standard InChI is InChI=1S/C17H18ClN3O2S/c1-10-5-4-6-14(11(10)2)19-17(24)21-20-16(22)13-9-12(18)7-8-15(13)23-3/h4-9H,1-3H3,(H,20,22)(H2,19,21,24). The molecule has 24 heavy (non-hydrogen) atoms. The van der Waals surface area contributed by atoms with Crippen molar-refractivity contribution < 1.29 is 9.53 Å². The molecule has 0 aliphatic heterocycles. The van der Waals surface area contributed by atoms with Crippen molar-refractivity contribution in [2.45, 2.75) is 13.8 Å². The average Bonchev–Trinajstić information content (AvgIpc) is 2.56. The first-order chi connectivity index (χ1) is 11.4. The Morgan fingerprint density at radius 2 is 1.92 bits per heavy atom. The molecule has 2 rings (SSSR count). The second kappa shape index (κ2) is 7.99. The molecule has 0 heterocycles. The van der Waals surface area contributed by atoms with Crippen molar-refractivity contribution in [3.63, 3.8) is 0 Å². The number of amides is 1. The van der Waals surface area contributed by atoms with Gasteiger partial charge in [-0.25, -0.2) is 0 Å². The summed E-state index contributed by atoms with van der Waals surface area (Å²) in [7, 11) is 1.49. The zero-order valence-electron chi connectivity index (χ0n) is 13.6. The van der Waals surface area contributed by atoms with Gasteiger partial charge in [-0.3, -0.25) is 15.6 Å². The molecule has 0 atom stereocenters. The molecule has 2 aromatic rings. The number of halogens is 1. The number of ether oxygens (including phenoxy) is 1. The molecule has 5 nitrogen and oxygen atoms in total. The van der Waals surface area contributed by atoms with Crippen LogP contribution < -0.4 is 20.9 Å². The third-order valence-electron chi connectivity index (χ3n) is 3.55. The first kappa shape index (κ1) is 18.0. The van der Waals surface area contributed by atoms with Crippen molar-refractivity contribution >= 4 is 40.5 Å². The molecule has 0 aromatic heterocycles. The van der Waals surface area contributed by atoms with E-state index in [2.05, 4.69) is 16.2 Å². The van der Waals surface area contributed by atoms with E-state index < -0.39 is 5.91 Å². The Bertz CT molecular complexity index is 780. The number of nitrogens with one attached hydrogen (secondary N) is 3.